The number of rotatable bonds is 4. The summed E-state index contributed by atoms with van der Waals surface area (Å²) in [5.74, 6) is 0.834. The SMILES string of the molecule is CC(NCc1ccno1)c1ccc(Cl)cc1. The fourth-order valence-electron chi connectivity index (χ4n) is 1.46. The fourth-order valence-corrected chi connectivity index (χ4v) is 1.58. The minimum Gasteiger partial charge on any atom is -0.360 e. The van der Waals surface area contributed by atoms with E-state index >= 15 is 0 Å². The van der Waals surface area contributed by atoms with Crippen molar-refractivity contribution in [1.29, 1.82) is 0 Å². The van der Waals surface area contributed by atoms with Crippen LogP contribution in [0.1, 0.15) is 24.3 Å². The van der Waals surface area contributed by atoms with E-state index in [9.17, 15) is 0 Å². The molecular weight excluding hydrogens is 224 g/mol. The van der Waals surface area contributed by atoms with Gasteiger partial charge in [-0.1, -0.05) is 28.9 Å². The van der Waals surface area contributed by atoms with Gasteiger partial charge >= 0.3 is 0 Å². The van der Waals surface area contributed by atoms with Gasteiger partial charge in [-0.2, -0.15) is 0 Å². The Morgan fingerprint density at radius 2 is 2.06 bits per heavy atom. The van der Waals surface area contributed by atoms with E-state index in [1.54, 1.807) is 6.20 Å². The summed E-state index contributed by atoms with van der Waals surface area (Å²) in [5.41, 5.74) is 1.20. The lowest BCUT2D eigenvalue weighted by molar-refractivity contribution is 0.366. The molecule has 2 rings (SSSR count). The molecule has 84 valence electrons. The zero-order chi connectivity index (χ0) is 11.4. The molecule has 1 aromatic heterocycles. The number of nitrogens with one attached hydrogen (secondary N) is 1. The lowest BCUT2D eigenvalue weighted by atomic mass is 10.1. The third-order valence-electron chi connectivity index (χ3n) is 2.44. The average molecular weight is 237 g/mol. The highest BCUT2D eigenvalue weighted by Gasteiger charge is 2.05. The molecule has 0 bridgehead atoms. The number of nitrogens with zero attached hydrogens (tertiary/aromatic N) is 1. The predicted octanol–water partition coefficient (Wildman–Crippen LogP) is 3.18. The minimum atomic E-state index is 0.252. The van der Waals surface area contributed by atoms with Crippen LogP contribution < -0.4 is 5.32 Å². The first-order valence-corrected chi connectivity index (χ1v) is 5.52. The summed E-state index contributed by atoms with van der Waals surface area (Å²) in [6.07, 6.45) is 1.64. The first-order valence-electron chi connectivity index (χ1n) is 5.14. The Kier molecular flexibility index (Phi) is 3.59. The van der Waals surface area contributed by atoms with E-state index in [1.165, 1.54) is 5.56 Å². The van der Waals surface area contributed by atoms with E-state index in [1.807, 2.05) is 30.3 Å². The molecule has 0 aliphatic carbocycles. The van der Waals surface area contributed by atoms with Crippen molar-refractivity contribution in [2.75, 3.05) is 0 Å². The molecule has 0 saturated heterocycles. The lowest BCUT2D eigenvalue weighted by Crippen LogP contribution is -2.17. The topological polar surface area (TPSA) is 38.1 Å². The van der Waals surface area contributed by atoms with Gasteiger partial charge in [0.05, 0.1) is 12.7 Å². The van der Waals surface area contributed by atoms with Gasteiger partial charge in [0.15, 0.2) is 0 Å². The van der Waals surface area contributed by atoms with Crippen molar-refractivity contribution in [3.05, 3.63) is 52.9 Å². The first kappa shape index (κ1) is 11.2. The van der Waals surface area contributed by atoms with Gasteiger partial charge in [0.2, 0.25) is 0 Å². The van der Waals surface area contributed by atoms with Gasteiger partial charge in [-0.3, -0.25) is 0 Å². The highest BCUT2D eigenvalue weighted by atomic mass is 35.5. The van der Waals surface area contributed by atoms with Crippen LogP contribution in [0, 0.1) is 0 Å². The normalized spacial score (nSPS) is 12.6. The molecule has 0 aliphatic rings. The molecule has 3 nitrogen and oxygen atoms in total. The van der Waals surface area contributed by atoms with Crippen LogP contribution >= 0.6 is 11.6 Å². The van der Waals surface area contributed by atoms with Crippen molar-refractivity contribution in [3.63, 3.8) is 0 Å². The van der Waals surface area contributed by atoms with Crippen molar-refractivity contribution in [2.45, 2.75) is 19.5 Å². The Hall–Kier alpha value is -1.32. The molecule has 0 radical (unpaired) electrons. The molecule has 4 heteroatoms. The van der Waals surface area contributed by atoms with Gasteiger partial charge in [-0.25, -0.2) is 0 Å². The number of halogens is 1. The molecule has 0 amide bonds. The van der Waals surface area contributed by atoms with Crippen molar-refractivity contribution in [1.82, 2.24) is 10.5 Å². The summed E-state index contributed by atoms with van der Waals surface area (Å²) in [7, 11) is 0. The Labute approximate surface area is 99.4 Å². The maximum atomic E-state index is 5.83. The third-order valence-corrected chi connectivity index (χ3v) is 2.70. The van der Waals surface area contributed by atoms with E-state index < -0.39 is 0 Å². The van der Waals surface area contributed by atoms with Crippen molar-refractivity contribution in [3.8, 4) is 0 Å². The third kappa shape index (κ3) is 2.84. The monoisotopic (exact) mass is 236 g/mol. The van der Waals surface area contributed by atoms with Crippen molar-refractivity contribution < 1.29 is 4.52 Å². The minimum absolute atomic E-state index is 0.252. The number of benzene rings is 1. The molecular formula is C12H13ClN2O. The molecule has 1 atom stereocenters. The van der Waals surface area contributed by atoms with E-state index in [4.69, 9.17) is 16.1 Å². The second-order valence-corrected chi connectivity index (χ2v) is 4.07. The molecule has 1 N–H and O–H groups in total. The summed E-state index contributed by atoms with van der Waals surface area (Å²) in [4.78, 5) is 0. The second-order valence-electron chi connectivity index (χ2n) is 3.63. The standard InChI is InChI=1S/C12H13ClN2O/c1-9(10-2-4-11(13)5-3-10)14-8-12-6-7-15-16-12/h2-7,9,14H,8H2,1H3. The smallest absolute Gasteiger partial charge is 0.150 e. The van der Waals surface area contributed by atoms with Gasteiger partial charge < -0.3 is 9.84 Å². The quantitative estimate of drug-likeness (QED) is 0.886. The number of aromatic nitrogens is 1. The highest BCUT2D eigenvalue weighted by Crippen LogP contribution is 2.16. The van der Waals surface area contributed by atoms with Gasteiger partial charge in [0.25, 0.3) is 0 Å². The van der Waals surface area contributed by atoms with Crippen LogP contribution in [0.3, 0.4) is 0 Å². The number of hydrogen-bond donors (Lipinski definition) is 1. The predicted molar refractivity (Wildman–Crippen MR) is 63.2 cm³/mol. The zero-order valence-corrected chi connectivity index (χ0v) is 9.74. The fraction of sp³-hybridized carbons (Fsp3) is 0.250. The zero-order valence-electron chi connectivity index (χ0n) is 8.98. The molecule has 0 fully saturated rings. The van der Waals surface area contributed by atoms with Crippen LogP contribution in [0.2, 0.25) is 5.02 Å². The number of hydrogen-bond acceptors (Lipinski definition) is 3. The van der Waals surface area contributed by atoms with Crippen molar-refractivity contribution in [2.24, 2.45) is 0 Å². The molecule has 0 saturated carbocycles. The van der Waals surface area contributed by atoms with E-state index in [0.717, 1.165) is 10.8 Å². The largest absolute Gasteiger partial charge is 0.360 e. The van der Waals surface area contributed by atoms with Gasteiger partial charge in [0, 0.05) is 17.1 Å². The maximum Gasteiger partial charge on any atom is 0.150 e. The van der Waals surface area contributed by atoms with Crippen LogP contribution in [-0.2, 0) is 6.54 Å². The van der Waals surface area contributed by atoms with E-state index in [-0.39, 0.29) is 6.04 Å². The Morgan fingerprint density at radius 1 is 1.31 bits per heavy atom. The average Bonchev–Trinajstić information content (AvgIpc) is 2.80. The molecule has 1 unspecified atom stereocenters. The Morgan fingerprint density at radius 3 is 2.69 bits per heavy atom. The summed E-state index contributed by atoms with van der Waals surface area (Å²) in [6, 6.07) is 9.91. The van der Waals surface area contributed by atoms with Gasteiger partial charge in [-0.05, 0) is 24.6 Å². The summed E-state index contributed by atoms with van der Waals surface area (Å²) >= 11 is 5.83. The molecule has 1 aromatic carbocycles. The van der Waals surface area contributed by atoms with Crippen LogP contribution in [0.4, 0.5) is 0 Å². The molecule has 1 heterocycles. The summed E-state index contributed by atoms with van der Waals surface area (Å²) in [6.45, 7) is 2.77. The summed E-state index contributed by atoms with van der Waals surface area (Å²) in [5, 5.41) is 7.75. The molecule has 16 heavy (non-hydrogen) atoms. The van der Waals surface area contributed by atoms with Crippen LogP contribution in [0.5, 0.6) is 0 Å². The molecule has 2 aromatic rings. The van der Waals surface area contributed by atoms with E-state index in [0.29, 0.717) is 6.54 Å². The highest BCUT2D eigenvalue weighted by molar-refractivity contribution is 6.30. The summed E-state index contributed by atoms with van der Waals surface area (Å²) < 4.78 is 5.01. The van der Waals surface area contributed by atoms with Gasteiger partial charge in [-0.15, -0.1) is 0 Å². The molecule has 0 spiro atoms. The Bertz CT molecular complexity index is 425. The van der Waals surface area contributed by atoms with Crippen LogP contribution in [-0.4, -0.2) is 5.16 Å². The van der Waals surface area contributed by atoms with E-state index in [2.05, 4.69) is 17.4 Å². The lowest BCUT2D eigenvalue weighted by Gasteiger charge is -2.12. The first-order chi connectivity index (χ1) is 7.75. The van der Waals surface area contributed by atoms with Crippen molar-refractivity contribution >= 4 is 11.6 Å². The maximum absolute atomic E-state index is 5.83. The van der Waals surface area contributed by atoms with Gasteiger partial charge in [0.1, 0.15) is 5.76 Å². The molecule has 0 aliphatic heterocycles. The van der Waals surface area contributed by atoms with Crippen LogP contribution in [0.15, 0.2) is 41.1 Å². The Balaban J connectivity index is 1.93. The van der Waals surface area contributed by atoms with Crippen LogP contribution in [0.25, 0.3) is 0 Å². The second kappa shape index (κ2) is 5.14.